The minimum absolute atomic E-state index is 0.390. The number of rotatable bonds is 4. The molecule has 1 aromatic heterocycles. The lowest BCUT2D eigenvalue weighted by molar-refractivity contribution is 0.593. The lowest BCUT2D eigenvalue weighted by Gasteiger charge is -2.04. The van der Waals surface area contributed by atoms with Crippen LogP contribution in [0.4, 0.5) is 0 Å². The zero-order valence-corrected chi connectivity index (χ0v) is 8.26. The molecule has 0 saturated heterocycles. The lowest BCUT2D eigenvalue weighted by atomic mass is 10.3. The first kappa shape index (κ1) is 8.69. The quantitative estimate of drug-likeness (QED) is 0.737. The number of thiocarbonyl (C=S) groups is 1. The second-order valence-corrected chi connectivity index (χ2v) is 3.98. The zero-order valence-electron chi connectivity index (χ0n) is 7.44. The van der Waals surface area contributed by atoms with Crippen LogP contribution in [-0.2, 0) is 6.54 Å². The number of hydrogen-bond donors (Lipinski definition) is 1. The molecule has 0 bridgehead atoms. The van der Waals surface area contributed by atoms with Gasteiger partial charge in [0, 0.05) is 18.9 Å². The number of hydrogen-bond acceptors (Lipinski definition) is 2. The highest BCUT2D eigenvalue weighted by Crippen LogP contribution is 2.32. The first-order chi connectivity index (χ1) is 6.27. The third-order valence-corrected chi connectivity index (χ3v) is 2.59. The minimum atomic E-state index is 0.390. The Morgan fingerprint density at radius 3 is 3.08 bits per heavy atom. The molecule has 4 heteroatoms. The van der Waals surface area contributed by atoms with Gasteiger partial charge >= 0.3 is 0 Å². The van der Waals surface area contributed by atoms with Gasteiger partial charge in [-0.05, 0) is 12.3 Å². The predicted octanol–water partition coefficient (Wildman–Crippen LogP) is 1.32. The van der Waals surface area contributed by atoms with E-state index in [0.29, 0.717) is 4.99 Å². The summed E-state index contributed by atoms with van der Waals surface area (Å²) < 4.78 is 2.04. The van der Waals surface area contributed by atoms with E-state index in [4.69, 9.17) is 18.0 Å². The summed E-state index contributed by atoms with van der Waals surface area (Å²) in [4.78, 5) is 4.50. The second-order valence-electron chi connectivity index (χ2n) is 3.54. The molecule has 1 aliphatic rings. The van der Waals surface area contributed by atoms with Crippen molar-refractivity contribution < 1.29 is 0 Å². The number of nitrogens with zero attached hydrogens (tertiary/aromatic N) is 2. The van der Waals surface area contributed by atoms with Crippen molar-refractivity contribution in [1.82, 2.24) is 9.55 Å². The average molecular weight is 195 g/mol. The molecule has 1 aromatic rings. The van der Waals surface area contributed by atoms with Crippen LogP contribution >= 0.6 is 12.2 Å². The van der Waals surface area contributed by atoms with Crippen LogP contribution in [0.15, 0.2) is 12.4 Å². The van der Waals surface area contributed by atoms with Crippen LogP contribution in [0.2, 0.25) is 0 Å². The van der Waals surface area contributed by atoms with Gasteiger partial charge in [-0.2, -0.15) is 0 Å². The molecule has 1 fully saturated rings. The van der Waals surface area contributed by atoms with Gasteiger partial charge in [0.05, 0.1) is 0 Å². The highest BCUT2D eigenvalue weighted by Gasteiger charge is 2.21. The maximum Gasteiger partial charge on any atom is 0.167 e. The molecular weight excluding hydrogens is 182 g/mol. The van der Waals surface area contributed by atoms with Crippen molar-refractivity contribution in [1.29, 1.82) is 0 Å². The summed E-state index contributed by atoms with van der Waals surface area (Å²) in [6, 6.07) is 0. The first-order valence-corrected chi connectivity index (χ1v) is 4.99. The van der Waals surface area contributed by atoms with E-state index in [1.807, 2.05) is 10.8 Å². The second kappa shape index (κ2) is 3.46. The molecule has 0 aliphatic heterocycles. The molecule has 1 heterocycles. The summed E-state index contributed by atoms with van der Waals surface area (Å²) in [5.74, 6) is 1.68. The molecule has 0 atom stereocenters. The highest BCUT2D eigenvalue weighted by atomic mass is 32.1. The maximum atomic E-state index is 5.53. The minimum Gasteiger partial charge on any atom is -0.387 e. The summed E-state index contributed by atoms with van der Waals surface area (Å²) in [6.07, 6.45) is 7.69. The van der Waals surface area contributed by atoms with Crippen LogP contribution < -0.4 is 5.73 Å². The van der Waals surface area contributed by atoms with Crippen molar-refractivity contribution in [2.24, 2.45) is 11.7 Å². The van der Waals surface area contributed by atoms with Crippen LogP contribution in [0.5, 0.6) is 0 Å². The third kappa shape index (κ3) is 2.06. The van der Waals surface area contributed by atoms with Gasteiger partial charge in [0.25, 0.3) is 0 Å². The van der Waals surface area contributed by atoms with E-state index in [-0.39, 0.29) is 0 Å². The Morgan fingerprint density at radius 1 is 1.69 bits per heavy atom. The summed E-state index contributed by atoms with van der Waals surface area (Å²) in [7, 11) is 0. The Hall–Kier alpha value is -0.900. The van der Waals surface area contributed by atoms with Crippen LogP contribution in [0.25, 0.3) is 0 Å². The molecule has 0 radical (unpaired) electrons. The third-order valence-electron chi connectivity index (χ3n) is 2.41. The van der Waals surface area contributed by atoms with Crippen molar-refractivity contribution in [2.75, 3.05) is 0 Å². The molecule has 1 saturated carbocycles. The van der Waals surface area contributed by atoms with E-state index in [1.165, 1.54) is 19.3 Å². The summed E-state index contributed by atoms with van der Waals surface area (Å²) in [5.41, 5.74) is 5.53. The van der Waals surface area contributed by atoms with Gasteiger partial charge in [-0.3, -0.25) is 0 Å². The van der Waals surface area contributed by atoms with Gasteiger partial charge in [0.2, 0.25) is 0 Å². The van der Waals surface area contributed by atoms with Crippen LogP contribution in [0, 0.1) is 5.92 Å². The average Bonchev–Trinajstić information content (AvgIpc) is 2.79. The Balaban J connectivity index is 2.00. The Morgan fingerprint density at radius 2 is 2.46 bits per heavy atom. The van der Waals surface area contributed by atoms with Crippen LogP contribution in [0.1, 0.15) is 25.1 Å². The summed E-state index contributed by atoms with van der Waals surface area (Å²) >= 11 is 4.89. The lowest BCUT2D eigenvalue weighted by Crippen LogP contribution is -2.17. The van der Waals surface area contributed by atoms with E-state index >= 15 is 0 Å². The molecule has 2 N–H and O–H groups in total. The van der Waals surface area contributed by atoms with Crippen molar-refractivity contribution in [3.05, 3.63) is 18.2 Å². The highest BCUT2D eigenvalue weighted by molar-refractivity contribution is 7.80. The summed E-state index contributed by atoms with van der Waals surface area (Å²) in [6.45, 7) is 0.997. The molecule has 70 valence electrons. The van der Waals surface area contributed by atoms with Gasteiger partial charge in [0.1, 0.15) is 4.99 Å². The van der Waals surface area contributed by atoms with E-state index in [1.54, 1.807) is 6.20 Å². The fraction of sp³-hybridized carbons (Fsp3) is 0.556. The topological polar surface area (TPSA) is 43.8 Å². The predicted molar refractivity (Wildman–Crippen MR) is 55.5 cm³/mol. The Bertz CT molecular complexity index is 314. The Kier molecular flexibility index (Phi) is 2.31. The van der Waals surface area contributed by atoms with Gasteiger partial charge < -0.3 is 10.3 Å². The van der Waals surface area contributed by atoms with Crippen molar-refractivity contribution in [2.45, 2.75) is 25.8 Å². The van der Waals surface area contributed by atoms with Gasteiger partial charge in [-0.1, -0.05) is 25.1 Å². The van der Waals surface area contributed by atoms with Gasteiger partial charge in [-0.15, -0.1) is 0 Å². The molecular formula is C9H13N3S. The fourth-order valence-corrected chi connectivity index (χ4v) is 1.61. The van der Waals surface area contributed by atoms with Crippen molar-refractivity contribution in [3.8, 4) is 0 Å². The largest absolute Gasteiger partial charge is 0.387 e. The standard InChI is InChI=1S/C9H13N3S/c10-8(13)9-11-4-6-12(9)5-3-7-1-2-7/h4,6-7H,1-3,5H2,(H2,10,13). The molecule has 2 rings (SSSR count). The first-order valence-electron chi connectivity index (χ1n) is 4.58. The van der Waals surface area contributed by atoms with Crippen LogP contribution in [-0.4, -0.2) is 14.5 Å². The monoisotopic (exact) mass is 195 g/mol. The number of nitrogens with two attached hydrogens (primary N) is 1. The molecule has 0 aromatic carbocycles. The number of aryl methyl sites for hydroxylation is 1. The van der Waals surface area contributed by atoms with Crippen molar-refractivity contribution >= 4 is 17.2 Å². The maximum absolute atomic E-state index is 5.53. The van der Waals surface area contributed by atoms with E-state index < -0.39 is 0 Å². The normalized spacial score (nSPS) is 16.0. The van der Waals surface area contributed by atoms with E-state index in [2.05, 4.69) is 4.98 Å². The number of aromatic nitrogens is 2. The Labute approximate surface area is 83.0 Å². The SMILES string of the molecule is NC(=S)c1nccn1CCC1CC1. The molecule has 0 amide bonds. The molecule has 1 aliphatic carbocycles. The van der Waals surface area contributed by atoms with E-state index in [9.17, 15) is 0 Å². The van der Waals surface area contributed by atoms with Crippen LogP contribution in [0.3, 0.4) is 0 Å². The van der Waals surface area contributed by atoms with Gasteiger partial charge in [-0.25, -0.2) is 4.98 Å². The molecule has 0 spiro atoms. The smallest absolute Gasteiger partial charge is 0.167 e. The van der Waals surface area contributed by atoms with Gasteiger partial charge in [0.15, 0.2) is 5.82 Å². The molecule has 3 nitrogen and oxygen atoms in total. The van der Waals surface area contributed by atoms with E-state index in [0.717, 1.165) is 18.3 Å². The molecule has 13 heavy (non-hydrogen) atoms. The van der Waals surface area contributed by atoms with Crippen molar-refractivity contribution in [3.63, 3.8) is 0 Å². The fourth-order valence-electron chi connectivity index (χ4n) is 1.44. The molecule has 0 unspecified atom stereocenters. The zero-order chi connectivity index (χ0) is 9.26. The summed E-state index contributed by atoms with van der Waals surface area (Å²) in [5, 5.41) is 0. The number of imidazole rings is 1.